The van der Waals surface area contributed by atoms with E-state index in [0.29, 0.717) is 5.75 Å². The normalized spacial score (nSPS) is 9.33. The molecule has 66 valence electrons. The van der Waals surface area contributed by atoms with Gasteiger partial charge < -0.3 is 5.11 Å². The number of hydrogen-bond acceptors (Lipinski definition) is 1. The van der Waals surface area contributed by atoms with Crippen LogP contribution in [-0.4, -0.2) is 22.5 Å². The third kappa shape index (κ3) is 1.83. The maximum atomic E-state index is 9.51. The molecule has 1 N–H and O–H groups in total. The molecule has 0 fully saturated rings. The number of rotatable bonds is 0. The first-order valence-corrected chi connectivity index (χ1v) is 3.80. The van der Waals surface area contributed by atoms with Crippen LogP contribution in [0.2, 0.25) is 0 Å². The number of benzene rings is 1. The van der Waals surface area contributed by atoms with Crippen LogP contribution in [0, 0.1) is 27.7 Å². The van der Waals surface area contributed by atoms with E-state index in [-0.39, 0.29) is 17.4 Å². The molecule has 0 aliphatic rings. The van der Waals surface area contributed by atoms with Gasteiger partial charge in [-0.2, -0.15) is 0 Å². The Morgan fingerprint density at radius 1 is 0.917 bits per heavy atom. The Hall–Kier alpha value is -0.448. The highest BCUT2D eigenvalue weighted by molar-refractivity contribution is 5.75. The fourth-order valence-corrected chi connectivity index (χ4v) is 1.27. The molecule has 0 aromatic heterocycles. The summed E-state index contributed by atoms with van der Waals surface area (Å²) in [5, 5.41) is 9.51. The molecule has 0 radical (unpaired) electrons. The fraction of sp³-hybridized carbons (Fsp3) is 0.400. The Morgan fingerprint density at radius 3 is 1.92 bits per heavy atom. The molecule has 0 saturated heterocycles. The molecule has 0 atom stereocenters. The molecule has 1 rings (SSSR count). The number of phenols is 1. The van der Waals surface area contributed by atoms with Crippen molar-refractivity contribution in [3.8, 4) is 5.75 Å². The molecule has 12 heavy (non-hydrogen) atoms. The quantitative estimate of drug-likeness (QED) is 0.599. The summed E-state index contributed by atoms with van der Waals surface area (Å²) >= 11 is 0. The van der Waals surface area contributed by atoms with Crippen LogP contribution in [0.1, 0.15) is 22.3 Å². The summed E-state index contributed by atoms with van der Waals surface area (Å²) in [4.78, 5) is 0. The third-order valence-electron chi connectivity index (χ3n) is 2.32. The van der Waals surface area contributed by atoms with Crippen molar-refractivity contribution in [2.24, 2.45) is 0 Å². The topological polar surface area (TPSA) is 20.2 Å². The second-order valence-electron chi connectivity index (χ2n) is 3.11. The molecule has 0 heterocycles. The van der Waals surface area contributed by atoms with Gasteiger partial charge in [0, 0.05) is 0 Å². The maximum absolute atomic E-state index is 9.51. The molecule has 1 nitrogen and oxygen atoms in total. The van der Waals surface area contributed by atoms with Crippen molar-refractivity contribution in [3.05, 3.63) is 28.3 Å². The van der Waals surface area contributed by atoms with Gasteiger partial charge in [-0.1, -0.05) is 6.07 Å². The monoisotopic (exact) mass is 180 g/mol. The van der Waals surface area contributed by atoms with E-state index in [2.05, 4.69) is 6.92 Å². The van der Waals surface area contributed by atoms with E-state index < -0.39 is 0 Å². The second-order valence-corrected chi connectivity index (χ2v) is 3.11. The van der Waals surface area contributed by atoms with Crippen LogP contribution < -0.4 is 0 Å². The predicted molar refractivity (Wildman–Crippen MR) is 57.0 cm³/mol. The Bertz CT molecular complexity index is 266. The van der Waals surface area contributed by atoms with Gasteiger partial charge in [-0.05, 0) is 49.9 Å². The first-order chi connectivity index (χ1) is 5.04. The largest absolute Gasteiger partial charge is 0.507 e. The molecule has 0 aliphatic carbocycles. The maximum Gasteiger partial charge on any atom is 0.187 e. The van der Waals surface area contributed by atoms with E-state index in [1.807, 2.05) is 26.8 Å². The van der Waals surface area contributed by atoms with Gasteiger partial charge in [0.05, 0.1) is 0 Å². The van der Waals surface area contributed by atoms with Crippen LogP contribution in [0.15, 0.2) is 6.07 Å². The minimum atomic E-state index is 0. The van der Waals surface area contributed by atoms with Gasteiger partial charge in [0.15, 0.2) is 17.4 Å². The summed E-state index contributed by atoms with van der Waals surface area (Å²) in [6.45, 7) is 7.97. The highest BCUT2D eigenvalue weighted by atomic mass is 27.0. The van der Waals surface area contributed by atoms with Crippen molar-refractivity contribution in [1.29, 1.82) is 0 Å². The lowest BCUT2D eigenvalue weighted by atomic mass is 10.00. The first kappa shape index (κ1) is 11.6. The summed E-state index contributed by atoms with van der Waals surface area (Å²) in [6, 6.07) is 2.01. The number of aryl methyl sites for hydroxylation is 2. The molecular weight excluding hydrogens is 163 g/mol. The van der Waals surface area contributed by atoms with Gasteiger partial charge in [-0.15, -0.1) is 0 Å². The number of hydrogen-bond donors (Lipinski definition) is 1. The highest BCUT2D eigenvalue weighted by Crippen LogP contribution is 2.26. The zero-order valence-electron chi connectivity index (χ0n) is 7.52. The Morgan fingerprint density at radius 2 is 1.42 bits per heavy atom. The van der Waals surface area contributed by atoms with Gasteiger partial charge in [0.25, 0.3) is 0 Å². The fourth-order valence-electron chi connectivity index (χ4n) is 1.27. The van der Waals surface area contributed by atoms with Crippen LogP contribution in [0.4, 0.5) is 0 Å². The van der Waals surface area contributed by atoms with Gasteiger partial charge in [0.2, 0.25) is 0 Å². The van der Waals surface area contributed by atoms with Crippen LogP contribution in [-0.2, 0) is 0 Å². The van der Waals surface area contributed by atoms with Gasteiger partial charge in [-0.25, -0.2) is 0 Å². The molecule has 0 spiro atoms. The predicted octanol–water partition coefficient (Wildman–Crippen LogP) is 1.44. The number of aromatic hydroxyl groups is 1. The lowest BCUT2D eigenvalue weighted by molar-refractivity contribution is 0.466. The Balaban J connectivity index is 0.00000121. The van der Waals surface area contributed by atoms with Crippen molar-refractivity contribution >= 4 is 17.4 Å². The second kappa shape index (κ2) is 3.98. The van der Waals surface area contributed by atoms with Crippen molar-refractivity contribution in [1.82, 2.24) is 0 Å². The van der Waals surface area contributed by atoms with E-state index in [1.54, 1.807) is 0 Å². The van der Waals surface area contributed by atoms with Gasteiger partial charge in [0.1, 0.15) is 5.75 Å². The average molecular weight is 180 g/mol. The summed E-state index contributed by atoms with van der Waals surface area (Å²) in [5.74, 6) is 0.438. The van der Waals surface area contributed by atoms with Gasteiger partial charge >= 0.3 is 0 Å². The van der Waals surface area contributed by atoms with E-state index in [1.165, 1.54) is 11.1 Å². The molecule has 0 unspecified atom stereocenters. The lowest BCUT2D eigenvalue weighted by Gasteiger charge is -2.09. The molecule has 0 amide bonds. The molecular formula is C10H17AlO. The van der Waals surface area contributed by atoms with E-state index >= 15 is 0 Å². The van der Waals surface area contributed by atoms with Crippen LogP contribution in [0.3, 0.4) is 0 Å². The lowest BCUT2D eigenvalue weighted by Crippen LogP contribution is -1.89. The van der Waals surface area contributed by atoms with Crippen molar-refractivity contribution in [2.75, 3.05) is 0 Å². The van der Waals surface area contributed by atoms with Crippen LogP contribution in [0.5, 0.6) is 5.75 Å². The standard InChI is InChI=1S/C10H14O.Al.3H/c1-6-5-7(2)10(11)9(4)8(6)3;;;;/h5,11H,1-4H3;;;;. The molecule has 2 heteroatoms. The van der Waals surface area contributed by atoms with E-state index in [0.717, 1.165) is 11.1 Å². The van der Waals surface area contributed by atoms with Crippen molar-refractivity contribution in [2.45, 2.75) is 27.7 Å². The molecule has 0 bridgehead atoms. The minimum Gasteiger partial charge on any atom is -0.507 e. The molecule has 1 aromatic carbocycles. The zero-order chi connectivity index (χ0) is 8.59. The summed E-state index contributed by atoms with van der Waals surface area (Å²) in [6.07, 6.45) is 0. The van der Waals surface area contributed by atoms with Crippen LogP contribution in [0.25, 0.3) is 0 Å². The molecule has 0 saturated carbocycles. The first-order valence-electron chi connectivity index (χ1n) is 3.80. The summed E-state index contributed by atoms with van der Waals surface area (Å²) in [5.41, 5.74) is 4.40. The summed E-state index contributed by atoms with van der Waals surface area (Å²) in [7, 11) is 0. The van der Waals surface area contributed by atoms with Crippen LogP contribution >= 0.6 is 0 Å². The van der Waals surface area contributed by atoms with E-state index in [4.69, 9.17) is 0 Å². The third-order valence-corrected chi connectivity index (χ3v) is 2.32. The Labute approximate surface area is 84.6 Å². The van der Waals surface area contributed by atoms with E-state index in [9.17, 15) is 5.11 Å². The SMILES string of the molecule is Cc1cc(C)c(O)c(C)c1C.[AlH3]. The minimum absolute atomic E-state index is 0. The smallest absolute Gasteiger partial charge is 0.187 e. The molecule has 0 aliphatic heterocycles. The van der Waals surface area contributed by atoms with Gasteiger partial charge in [-0.3, -0.25) is 0 Å². The Kier molecular flexibility index (Phi) is 3.83. The highest BCUT2D eigenvalue weighted by Gasteiger charge is 2.04. The van der Waals surface area contributed by atoms with Crippen molar-refractivity contribution in [3.63, 3.8) is 0 Å². The summed E-state index contributed by atoms with van der Waals surface area (Å²) < 4.78 is 0. The van der Waals surface area contributed by atoms with Crippen molar-refractivity contribution < 1.29 is 5.11 Å². The molecule has 1 aromatic rings. The average Bonchev–Trinajstić information content (AvgIpc) is 1.97. The number of phenolic OH excluding ortho intramolecular Hbond substituents is 1. The zero-order valence-corrected chi connectivity index (χ0v) is 7.52.